The van der Waals surface area contributed by atoms with Crippen LogP contribution in [0.4, 0.5) is 5.82 Å². The molecule has 2 rings (SSSR count). The van der Waals surface area contributed by atoms with Crippen LogP contribution in [0.5, 0.6) is 0 Å². The van der Waals surface area contributed by atoms with Gasteiger partial charge < -0.3 is 14.9 Å². The summed E-state index contributed by atoms with van der Waals surface area (Å²) in [4.78, 5) is 19.8. The fourth-order valence-corrected chi connectivity index (χ4v) is 2.10. The summed E-state index contributed by atoms with van der Waals surface area (Å²) in [6.45, 7) is 7.93. The van der Waals surface area contributed by atoms with Gasteiger partial charge in [-0.1, -0.05) is 32.9 Å². The Morgan fingerprint density at radius 1 is 1.35 bits per heavy atom. The summed E-state index contributed by atoms with van der Waals surface area (Å²) in [5, 5.41) is 16.2. The molecule has 2 aromatic rings. The van der Waals surface area contributed by atoms with E-state index in [0.29, 0.717) is 29.5 Å². The first-order chi connectivity index (χ1) is 10.9. The zero-order valence-corrected chi connectivity index (χ0v) is 13.8. The second kappa shape index (κ2) is 7.21. The zero-order chi connectivity index (χ0) is 17.0. The molecule has 0 fully saturated rings. The molecule has 124 valence electrons. The highest BCUT2D eigenvalue weighted by atomic mass is 16.5. The van der Waals surface area contributed by atoms with Crippen LogP contribution in [0.2, 0.25) is 0 Å². The van der Waals surface area contributed by atoms with E-state index in [4.69, 9.17) is 4.52 Å². The van der Waals surface area contributed by atoms with Crippen LogP contribution in [-0.4, -0.2) is 32.2 Å². The van der Waals surface area contributed by atoms with Crippen molar-refractivity contribution >= 4 is 11.8 Å². The number of aliphatic carboxylic acids is 1. The maximum atomic E-state index is 11.3. The Labute approximate surface area is 135 Å². The zero-order valence-electron chi connectivity index (χ0n) is 13.8. The number of hydrogen-bond acceptors (Lipinski definition) is 6. The van der Waals surface area contributed by atoms with Gasteiger partial charge in [-0.05, 0) is 24.5 Å². The fraction of sp³-hybridized carbons (Fsp3) is 0.500. The molecule has 0 radical (unpaired) electrons. The minimum atomic E-state index is -0.897. The van der Waals surface area contributed by atoms with Gasteiger partial charge in [-0.25, -0.2) is 9.78 Å². The van der Waals surface area contributed by atoms with Crippen LogP contribution in [0, 0.1) is 5.92 Å². The molecule has 23 heavy (non-hydrogen) atoms. The van der Waals surface area contributed by atoms with Crippen LogP contribution in [0.15, 0.2) is 22.9 Å². The molecule has 0 bridgehead atoms. The second-order valence-electron chi connectivity index (χ2n) is 6.21. The molecule has 0 unspecified atom stereocenters. The lowest BCUT2D eigenvalue weighted by atomic mass is 10.0. The van der Waals surface area contributed by atoms with Gasteiger partial charge in [0.05, 0.1) is 0 Å². The topological polar surface area (TPSA) is 101 Å². The Morgan fingerprint density at radius 3 is 2.65 bits per heavy atom. The van der Waals surface area contributed by atoms with Gasteiger partial charge >= 0.3 is 5.97 Å². The SMILES string of the molecule is CC(C)C[C@H](Nc1cc(-c2nc(C(C)C)no2)ccn1)C(=O)O. The Balaban J connectivity index is 2.19. The molecule has 0 spiro atoms. The van der Waals surface area contributed by atoms with Crippen LogP contribution in [0.25, 0.3) is 11.5 Å². The molecule has 0 saturated carbocycles. The predicted octanol–water partition coefficient (Wildman–Crippen LogP) is 3.17. The van der Waals surface area contributed by atoms with Gasteiger partial charge in [0.1, 0.15) is 11.9 Å². The van der Waals surface area contributed by atoms with Crippen molar-refractivity contribution in [3.8, 4) is 11.5 Å². The minimum absolute atomic E-state index is 0.175. The number of carboxylic acid groups (broad SMARTS) is 1. The van der Waals surface area contributed by atoms with Crippen molar-refractivity contribution in [1.82, 2.24) is 15.1 Å². The lowest BCUT2D eigenvalue weighted by molar-refractivity contribution is -0.138. The van der Waals surface area contributed by atoms with E-state index in [1.165, 1.54) is 0 Å². The molecule has 1 atom stereocenters. The number of carbonyl (C=O) groups is 1. The van der Waals surface area contributed by atoms with E-state index in [1.54, 1.807) is 18.3 Å². The van der Waals surface area contributed by atoms with E-state index in [0.717, 1.165) is 0 Å². The van der Waals surface area contributed by atoms with E-state index in [1.807, 2.05) is 27.7 Å². The van der Waals surface area contributed by atoms with Crippen molar-refractivity contribution in [3.63, 3.8) is 0 Å². The predicted molar refractivity (Wildman–Crippen MR) is 86.1 cm³/mol. The van der Waals surface area contributed by atoms with Crippen molar-refractivity contribution in [3.05, 3.63) is 24.2 Å². The molecule has 0 aliphatic carbocycles. The summed E-state index contributed by atoms with van der Waals surface area (Å²) in [5.74, 6) is 1.04. The van der Waals surface area contributed by atoms with Gasteiger partial charge in [-0.15, -0.1) is 0 Å². The molecule has 2 aromatic heterocycles. The summed E-state index contributed by atoms with van der Waals surface area (Å²) in [7, 11) is 0. The van der Waals surface area contributed by atoms with Gasteiger partial charge in [0, 0.05) is 17.7 Å². The highest BCUT2D eigenvalue weighted by Gasteiger charge is 2.19. The first-order valence-corrected chi connectivity index (χ1v) is 7.66. The minimum Gasteiger partial charge on any atom is -0.480 e. The van der Waals surface area contributed by atoms with Crippen LogP contribution in [0.3, 0.4) is 0 Å². The van der Waals surface area contributed by atoms with E-state index >= 15 is 0 Å². The Hall–Kier alpha value is -2.44. The molecule has 7 nitrogen and oxygen atoms in total. The van der Waals surface area contributed by atoms with Crippen molar-refractivity contribution in [1.29, 1.82) is 0 Å². The van der Waals surface area contributed by atoms with Gasteiger partial charge in [-0.3, -0.25) is 0 Å². The summed E-state index contributed by atoms with van der Waals surface area (Å²) in [6.07, 6.45) is 2.10. The maximum Gasteiger partial charge on any atom is 0.326 e. The Bertz CT molecular complexity index is 667. The summed E-state index contributed by atoms with van der Waals surface area (Å²) < 4.78 is 5.25. The van der Waals surface area contributed by atoms with Crippen LogP contribution in [-0.2, 0) is 4.79 Å². The highest BCUT2D eigenvalue weighted by Crippen LogP contribution is 2.22. The molecule has 0 aromatic carbocycles. The molecule has 0 aliphatic heterocycles. The molecule has 0 amide bonds. The number of rotatable bonds is 7. The number of pyridine rings is 1. The largest absolute Gasteiger partial charge is 0.480 e. The summed E-state index contributed by atoms with van der Waals surface area (Å²) in [6, 6.07) is 2.78. The lowest BCUT2D eigenvalue weighted by Crippen LogP contribution is -2.31. The number of carboxylic acids is 1. The maximum absolute atomic E-state index is 11.3. The van der Waals surface area contributed by atoms with Crippen molar-refractivity contribution in [2.45, 2.75) is 46.1 Å². The number of nitrogens with zero attached hydrogens (tertiary/aromatic N) is 3. The second-order valence-corrected chi connectivity index (χ2v) is 6.21. The van der Waals surface area contributed by atoms with Crippen molar-refractivity contribution in [2.75, 3.05) is 5.32 Å². The first kappa shape index (κ1) is 16.9. The number of aromatic nitrogens is 3. The third-order valence-corrected chi connectivity index (χ3v) is 3.29. The Kier molecular flexibility index (Phi) is 5.31. The van der Waals surface area contributed by atoms with Crippen molar-refractivity contribution < 1.29 is 14.4 Å². The summed E-state index contributed by atoms with van der Waals surface area (Å²) >= 11 is 0. The van der Waals surface area contributed by atoms with Gasteiger partial charge in [-0.2, -0.15) is 4.98 Å². The average Bonchev–Trinajstić information content (AvgIpc) is 2.96. The van der Waals surface area contributed by atoms with E-state index in [-0.39, 0.29) is 11.8 Å². The van der Waals surface area contributed by atoms with E-state index in [2.05, 4.69) is 20.4 Å². The number of anilines is 1. The van der Waals surface area contributed by atoms with Crippen LogP contribution < -0.4 is 5.32 Å². The van der Waals surface area contributed by atoms with Gasteiger partial charge in [0.25, 0.3) is 5.89 Å². The molecule has 7 heteroatoms. The Morgan fingerprint density at radius 2 is 2.09 bits per heavy atom. The summed E-state index contributed by atoms with van der Waals surface area (Å²) in [5.41, 5.74) is 0.704. The first-order valence-electron chi connectivity index (χ1n) is 7.66. The molecule has 2 N–H and O–H groups in total. The van der Waals surface area contributed by atoms with Crippen LogP contribution in [0.1, 0.15) is 45.9 Å². The highest BCUT2D eigenvalue weighted by molar-refractivity contribution is 5.77. The fourth-order valence-electron chi connectivity index (χ4n) is 2.10. The average molecular weight is 318 g/mol. The van der Waals surface area contributed by atoms with Gasteiger partial charge in [0.2, 0.25) is 0 Å². The normalized spacial score (nSPS) is 12.6. The molecule has 0 saturated heterocycles. The van der Waals surface area contributed by atoms with Crippen LogP contribution >= 0.6 is 0 Å². The van der Waals surface area contributed by atoms with Crippen molar-refractivity contribution in [2.24, 2.45) is 5.92 Å². The van der Waals surface area contributed by atoms with E-state index in [9.17, 15) is 9.90 Å². The number of hydrogen-bond donors (Lipinski definition) is 2. The molecular weight excluding hydrogens is 296 g/mol. The lowest BCUT2D eigenvalue weighted by Gasteiger charge is -2.17. The van der Waals surface area contributed by atoms with Gasteiger partial charge in [0.15, 0.2) is 5.82 Å². The smallest absolute Gasteiger partial charge is 0.326 e. The standard InChI is InChI=1S/C16H22N4O3/c1-9(2)7-12(16(21)22)18-13-8-11(5-6-17-13)15-19-14(10(3)4)20-23-15/h5-6,8-10,12H,7H2,1-4H3,(H,17,18)(H,21,22)/t12-/m0/s1. The van der Waals surface area contributed by atoms with E-state index < -0.39 is 12.0 Å². The molecule has 0 aliphatic rings. The third kappa shape index (κ3) is 4.51. The molecular formula is C16H22N4O3. The monoisotopic (exact) mass is 318 g/mol. The quantitative estimate of drug-likeness (QED) is 0.808. The number of nitrogens with one attached hydrogen (secondary N) is 1. The third-order valence-electron chi connectivity index (χ3n) is 3.29. The molecule has 2 heterocycles.